The quantitative estimate of drug-likeness (QED) is 0.474. The van der Waals surface area contributed by atoms with Crippen molar-refractivity contribution in [3.05, 3.63) is 23.8 Å². The van der Waals surface area contributed by atoms with Crippen molar-refractivity contribution in [1.82, 2.24) is 0 Å². The average Bonchev–Trinajstić information content (AvgIpc) is 2.27. The third-order valence-corrected chi connectivity index (χ3v) is 1.97. The van der Waals surface area contributed by atoms with Crippen molar-refractivity contribution in [1.29, 1.82) is 0 Å². The van der Waals surface area contributed by atoms with Crippen molar-refractivity contribution in [3.63, 3.8) is 0 Å². The van der Waals surface area contributed by atoms with Gasteiger partial charge in [0.05, 0.1) is 19.9 Å². The first-order valence-corrected chi connectivity index (χ1v) is 5.15. The van der Waals surface area contributed by atoms with Gasteiger partial charge in [-0.1, -0.05) is 19.0 Å². The fourth-order valence-electron chi connectivity index (χ4n) is 1.21. The smallest absolute Gasteiger partial charge is 0.161 e. The van der Waals surface area contributed by atoms with E-state index in [4.69, 9.17) is 14.7 Å². The predicted octanol–water partition coefficient (Wildman–Crippen LogP) is 2.54. The van der Waals surface area contributed by atoms with Gasteiger partial charge < -0.3 is 14.7 Å². The molecule has 0 saturated carbocycles. The summed E-state index contributed by atoms with van der Waals surface area (Å²) in [5.41, 5.74) is 0.766. The highest BCUT2D eigenvalue weighted by Gasteiger charge is 2.06. The lowest BCUT2D eigenvalue weighted by atomic mass is 10.2. The van der Waals surface area contributed by atoms with Gasteiger partial charge in [0.25, 0.3) is 0 Å². The van der Waals surface area contributed by atoms with E-state index in [0.29, 0.717) is 24.0 Å². The molecule has 16 heavy (non-hydrogen) atoms. The molecule has 1 aromatic rings. The van der Waals surface area contributed by atoms with Gasteiger partial charge in [-0.3, -0.25) is 0 Å². The minimum atomic E-state index is 0.444. The summed E-state index contributed by atoms with van der Waals surface area (Å²) in [5, 5.41) is 11.4. The molecule has 1 rings (SSSR count). The van der Waals surface area contributed by atoms with Crippen molar-refractivity contribution in [3.8, 4) is 11.5 Å². The average molecular weight is 223 g/mol. The summed E-state index contributed by atoms with van der Waals surface area (Å²) in [6.07, 6.45) is 1.35. The van der Waals surface area contributed by atoms with Crippen LogP contribution in [0.25, 0.3) is 0 Å². The van der Waals surface area contributed by atoms with Crippen LogP contribution in [0.4, 0.5) is 0 Å². The summed E-state index contributed by atoms with van der Waals surface area (Å²) in [6, 6.07) is 5.36. The van der Waals surface area contributed by atoms with Crippen LogP contribution in [-0.2, 0) is 0 Å². The maximum absolute atomic E-state index is 8.45. The first-order chi connectivity index (χ1) is 7.67. The lowest BCUT2D eigenvalue weighted by Gasteiger charge is -2.12. The Morgan fingerprint density at radius 1 is 1.38 bits per heavy atom. The molecule has 88 valence electrons. The number of ether oxygens (including phenoxy) is 2. The van der Waals surface area contributed by atoms with E-state index >= 15 is 0 Å². The number of hydrogen-bond donors (Lipinski definition) is 1. The Balaban J connectivity index is 2.88. The molecule has 1 aromatic carbocycles. The molecular formula is C12H17NO3. The molecule has 0 heterocycles. The van der Waals surface area contributed by atoms with Crippen LogP contribution in [0.15, 0.2) is 23.4 Å². The predicted molar refractivity (Wildman–Crippen MR) is 62.7 cm³/mol. The second-order valence-electron chi connectivity index (χ2n) is 3.86. The highest BCUT2D eigenvalue weighted by molar-refractivity contribution is 5.80. The fraction of sp³-hybridized carbons (Fsp3) is 0.417. The molecule has 0 aliphatic carbocycles. The van der Waals surface area contributed by atoms with Crippen molar-refractivity contribution < 1.29 is 14.7 Å². The maximum Gasteiger partial charge on any atom is 0.161 e. The molecule has 0 unspecified atom stereocenters. The summed E-state index contributed by atoms with van der Waals surface area (Å²) >= 11 is 0. The molecule has 4 nitrogen and oxygen atoms in total. The van der Waals surface area contributed by atoms with E-state index in [-0.39, 0.29) is 0 Å². The van der Waals surface area contributed by atoms with Gasteiger partial charge in [0.2, 0.25) is 0 Å². The van der Waals surface area contributed by atoms with Gasteiger partial charge >= 0.3 is 0 Å². The lowest BCUT2D eigenvalue weighted by Crippen LogP contribution is -2.05. The van der Waals surface area contributed by atoms with Crippen LogP contribution in [0.2, 0.25) is 0 Å². The number of hydrogen-bond acceptors (Lipinski definition) is 4. The topological polar surface area (TPSA) is 51.0 Å². The second kappa shape index (κ2) is 6.00. The molecule has 0 radical (unpaired) electrons. The Kier molecular flexibility index (Phi) is 4.64. The van der Waals surface area contributed by atoms with Gasteiger partial charge in [-0.15, -0.1) is 0 Å². The van der Waals surface area contributed by atoms with E-state index in [1.165, 1.54) is 6.21 Å². The number of rotatable bonds is 5. The molecule has 0 aliphatic rings. The van der Waals surface area contributed by atoms with Crippen LogP contribution in [0, 0.1) is 5.92 Å². The summed E-state index contributed by atoms with van der Waals surface area (Å²) in [7, 11) is 1.59. The van der Waals surface area contributed by atoms with Crippen LogP contribution >= 0.6 is 0 Å². The summed E-state index contributed by atoms with van der Waals surface area (Å²) in [4.78, 5) is 0. The second-order valence-corrected chi connectivity index (χ2v) is 3.86. The summed E-state index contributed by atoms with van der Waals surface area (Å²) in [5.74, 6) is 1.78. The van der Waals surface area contributed by atoms with Crippen LogP contribution in [0.3, 0.4) is 0 Å². The van der Waals surface area contributed by atoms with Gasteiger partial charge in [-0.05, 0) is 24.1 Å². The Hall–Kier alpha value is -1.71. The largest absolute Gasteiger partial charge is 0.493 e. The van der Waals surface area contributed by atoms with Gasteiger partial charge in [0.1, 0.15) is 0 Å². The zero-order chi connectivity index (χ0) is 12.0. The zero-order valence-electron chi connectivity index (χ0n) is 9.80. The van der Waals surface area contributed by atoms with E-state index in [1.54, 1.807) is 25.3 Å². The normalized spacial score (nSPS) is 11.0. The molecule has 0 atom stereocenters. The third-order valence-electron chi connectivity index (χ3n) is 1.97. The van der Waals surface area contributed by atoms with E-state index < -0.39 is 0 Å². The molecule has 0 fully saturated rings. The molecule has 4 heteroatoms. The third kappa shape index (κ3) is 3.46. The highest BCUT2D eigenvalue weighted by atomic mass is 16.5. The number of methoxy groups -OCH3 is 1. The minimum Gasteiger partial charge on any atom is -0.493 e. The Morgan fingerprint density at radius 3 is 2.69 bits per heavy atom. The number of oxime groups is 1. The van der Waals surface area contributed by atoms with Crippen molar-refractivity contribution in [2.24, 2.45) is 11.1 Å². The molecule has 0 aromatic heterocycles. The first kappa shape index (κ1) is 12.4. The molecule has 0 aliphatic heterocycles. The van der Waals surface area contributed by atoms with E-state index in [0.717, 1.165) is 5.56 Å². The summed E-state index contributed by atoms with van der Waals surface area (Å²) < 4.78 is 10.8. The fourth-order valence-corrected chi connectivity index (χ4v) is 1.21. The van der Waals surface area contributed by atoms with Crippen molar-refractivity contribution >= 4 is 6.21 Å². The number of nitrogens with zero attached hydrogens (tertiary/aromatic N) is 1. The van der Waals surface area contributed by atoms with Crippen LogP contribution in [0.1, 0.15) is 19.4 Å². The number of benzene rings is 1. The molecule has 0 amide bonds. The van der Waals surface area contributed by atoms with Crippen LogP contribution < -0.4 is 9.47 Å². The SMILES string of the molecule is COc1ccc(/C=N/O)cc1OCC(C)C. The van der Waals surface area contributed by atoms with Gasteiger partial charge in [0.15, 0.2) is 11.5 Å². The van der Waals surface area contributed by atoms with Crippen molar-refractivity contribution in [2.45, 2.75) is 13.8 Å². The van der Waals surface area contributed by atoms with Crippen molar-refractivity contribution in [2.75, 3.05) is 13.7 Å². The molecule has 1 N–H and O–H groups in total. The van der Waals surface area contributed by atoms with Gasteiger partial charge in [-0.25, -0.2) is 0 Å². The minimum absolute atomic E-state index is 0.444. The maximum atomic E-state index is 8.45. The molecule has 0 spiro atoms. The van der Waals surface area contributed by atoms with Gasteiger partial charge in [0, 0.05) is 5.56 Å². The zero-order valence-corrected chi connectivity index (χ0v) is 9.80. The van der Waals surface area contributed by atoms with Crippen LogP contribution in [0.5, 0.6) is 11.5 Å². The summed E-state index contributed by atoms with van der Waals surface area (Å²) in [6.45, 7) is 4.77. The first-order valence-electron chi connectivity index (χ1n) is 5.15. The monoisotopic (exact) mass is 223 g/mol. The van der Waals surface area contributed by atoms with Gasteiger partial charge in [-0.2, -0.15) is 0 Å². The molecule has 0 bridgehead atoms. The lowest BCUT2D eigenvalue weighted by molar-refractivity contribution is 0.257. The van der Waals surface area contributed by atoms with E-state index in [2.05, 4.69) is 19.0 Å². The van der Waals surface area contributed by atoms with Crippen LogP contribution in [-0.4, -0.2) is 25.1 Å². The highest BCUT2D eigenvalue weighted by Crippen LogP contribution is 2.27. The molecule has 0 saturated heterocycles. The van der Waals surface area contributed by atoms with E-state index in [1.807, 2.05) is 0 Å². The Morgan fingerprint density at radius 2 is 2.12 bits per heavy atom. The molecular weight excluding hydrogens is 206 g/mol. The standard InChI is InChI=1S/C12H17NO3/c1-9(2)8-16-12-6-10(7-13-14)4-5-11(12)15-3/h4-7,9,14H,8H2,1-3H3/b13-7+. The Bertz CT molecular complexity index is 361. The Labute approximate surface area is 95.5 Å². The van der Waals surface area contributed by atoms with E-state index in [9.17, 15) is 0 Å².